The van der Waals surface area contributed by atoms with Gasteiger partial charge in [-0.3, -0.25) is 14.7 Å². The van der Waals surface area contributed by atoms with Crippen LogP contribution in [0.3, 0.4) is 0 Å². The Bertz CT molecular complexity index is 824. The minimum atomic E-state index is 0.863. The summed E-state index contributed by atoms with van der Waals surface area (Å²) in [6.07, 6.45) is 11.0. The van der Waals surface area contributed by atoms with Gasteiger partial charge in [-0.2, -0.15) is 0 Å². The molecule has 25 heavy (non-hydrogen) atoms. The average molecular weight is 333 g/mol. The van der Waals surface area contributed by atoms with Crippen LogP contribution in [-0.4, -0.2) is 23.3 Å². The zero-order chi connectivity index (χ0) is 17.5. The summed E-state index contributed by atoms with van der Waals surface area (Å²) in [5.74, 6) is 0.863. The minimum Gasteiger partial charge on any atom is -0.497 e. The van der Waals surface area contributed by atoms with Crippen molar-refractivity contribution in [1.82, 2.24) is 9.66 Å². The highest BCUT2D eigenvalue weighted by atomic mass is 16.5. The van der Waals surface area contributed by atoms with E-state index in [1.54, 1.807) is 7.11 Å². The maximum Gasteiger partial charge on any atom is 0.119 e. The lowest BCUT2D eigenvalue weighted by Gasteiger charge is -2.27. The summed E-state index contributed by atoms with van der Waals surface area (Å²) in [5.41, 5.74) is 3.36. The Labute approximate surface area is 149 Å². The zero-order valence-electron chi connectivity index (χ0n) is 14.7. The van der Waals surface area contributed by atoms with E-state index in [0.717, 1.165) is 35.7 Å². The first-order chi connectivity index (χ1) is 12.3. The van der Waals surface area contributed by atoms with Gasteiger partial charge in [-0.1, -0.05) is 25.1 Å². The molecule has 0 aliphatic rings. The largest absolute Gasteiger partial charge is 0.497 e. The summed E-state index contributed by atoms with van der Waals surface area (Å²) >= 11 is 0. The Balaban J connectivity index is 1.89. The van der Waals surface area contributed by atoms with Crippen molar-refractivity contribution in [2.24, 2.45) is 0 Å². The molecule has 0 N–H and O–H groups in total. The predicted octanol–water partition coefficient (Wildman–Crippen LogP) is 4.74. The number of aromatic nitrogens is 2. The summed E-state index contributed by atoms with van der Waals surface area (Å²) < 4.78 is 7.47. The van der Waals surface area contributed by atoms with Crippen LogP contribution in [0.5, 0.6) is 5.75 Å². The molecule has 3 aromatic rings. The fourth-order valence-electron chi connectivity index (χ4n) is 2.75. The molecule has 128 valence electrons. The molecule has 0 aliphatic heterocycles. The van der Waals surface area contributed by atoms with Crippen LogP contribution < -0.4 is 9.75 Å². The number of ether oxygens (including phenoxy) is 1. The van der Waals surface area contributed by atoms with Crippen molar-refractivity contribution >= 4 is 17.8 Å². The van der Waals surface area contributed by atoms with E-state index in [9.17, 15) is 0 Å². The van der Waals surface area contributed by atoms with Crippen molar-refractivity contribution in [1.29, 1.82) is 0 Å². The highest BCUT2D eigenvalue weighted by Gasteiger charge is 2.09. The third-order valence-electron chi connectivity index (χ3n) is 3.96. The van der Waals surface area contributed by atoms with Gasteiger partial charge in [-0.05, 0) is 54.5 Å². The van der Waals surface area contributed by atoms with E-state index < -0.39 is 0 Å². The number of nitrogens with zero attached hydrogens (tertiary/aromatic N) is 3. The van der Waals surface area contributed by atoms with Crippen LogP contribution in [0.2, 0.25) is 0 Å². The molecular formula is C21H23N3O. The molecule has 0 saturated heterocycles. The third-order valence-corrected chi connectivity index (χ3v) is 3.96. The molecule has 0 aliphatic carbocycles. The van der Waals surface area contributed by atoms with Gasteiger partial charge in [0.1, 0.15) is 5.75 Å². The van der Waals surface area contributed by atoms with Crippen LogP contribution in [-0.2, 0) is 0 Å². The number of hydrogen-bond acceptors (Lipinski definition) is 3. The van der Waals surface area contributed by atoms with Crippen molar-refractivity contribution < 1.29 is 4.74 Å². The third kappa shape index (κ3) is 4.10. The second-order valence-corrected chi connectivity index (χ2v) is 5.72. The minimum absolute atomic E-state index is 0.863. The van der Waals surface area contributed by atoms with E-state index in [2.05, 4.69) is 58.1 Å². The van der Waals surface area contributed by atoms with Gasteiger partial charge in [0.2, 0.25) is 0 Å². The molecular weight excluding hydrogens is 310 g/mol. The maximum atomic E-state index is 5.29. The number of pyridine rings is 1. The Morgan fingerprint density at radius 2 is 1.92 bits per heavy atom. The molecule has 2 heterocycles. The van der Waals surface area contributed by atoms with E-state index in [1.807, 2.05) is 42.7 Å². The van der Waals surface area contributed by atoms with Crippen molar-refractivity contribution in [3.05, 3.63) is 78.4 Å². The Kier molecular flexibility index (Phi) is 5.52. The number of anilines is 1. The van der Waals surface area contributed by atoms with Gasteiger partial charge in [-0.15, -0.1) is 0 Å². The van der Waals surface area contributed by atoms with E-state index in [4.69, 9.17) is 4.74 Å². The molecule has 3 rings (SSSR count). The first-order valence-corrected chi connectivity index (χ1v) is 8.49. The summed E-state index contributed by atoms with van der Waals surface area (Å²) in [6.45, 7) is 3.11. The first-order valence-electron chi connectivity index (χ1n) is 8.49. The van der Waals surface area contributed by atoms with Gasteiger partial charge in [0.15, 0.2) is 0 Å². The molecule has 0 fully saturated rings. The number of rotatable bonds is 7. The van der Waals surface area contributed by atoms with Crippen molar-refractivity contribution in [3.8, 4) is 5.75 Å². The molecule has 0 unspecified atom stereocenters. The molecule has 2 aromatic heterocycles. The van der Waals surface area contributed by atoms with Crippen LogP contribution in [0.25, 0.3) is 12.2 Å². The monoisotopic (exact) mass is 333 g/mol. The fourth-order valence-corrected chi connectivity index (χ4v) is 2.75. The lowest BCUT2D eigenvalue weighted by atomic mass is 10.2. The molecule has 4 heteroatoms. The molecule has 0 atom stereocenters. The highest BCUT2D eigenvalue weighted by Crippen LogP contribution is 2.19. The first kappa shape index (κ1) is 16.8. The van der Waals surface area contributed by atoms with Gasteiger partial charge in [-0.25, -0.2) is 0 Å². The number of methoxy groups -OCH3 is 1. The predicted molar refractivity (Wildman–Crippen MR) is 104 cm³/mol. The van der Waals surface area contributed by atoms with Gasteiger partial charge >= 0.3 is 0 Å². The van der Waals surface area contributed by atoms with E-state index in [1.165, 1.54) is 0 Å². The lowest BCUT2D eigenvalue weighted by Crippen LogP contribution is -2.30. The second kappa shape index (κ2) is 8.20. The van der Waals surface area contributed by atoms with Crippen LogP contribution in [0.15, 0.2) is 67.1 Å². The molecule has 4 nitrogen and oxygen atoms in total. The van der Waals surface area contributed by atoms with Crippen LogP contribution >= 0.6 is 0 Å². The Morgan fingerprint density at radius 3 is 2.68 bits per heavy atom. The Hall–Kier alpha value is -3.01. The molecule has 0 spiro atoms. The molecule has 0 radical (unpaired) electrons. The maximum absolute atomic E-state index is 5.29. The van der Waals surface area contributed by atoms with Gasteiger partial charge in [0, 0.05) is 25.1 Å². The van der Waals surface area contributed by atoms with Crippen molar-refractivity contribution in [3.63, 3.8) is 0 Å². The second-order valence-electron chi connectivity index (χ2n) is 5.72. The van der Waals surface area contributed by atoms with Crippen LogP contribution in [0.4, 0.5) is 5.69 Å². The SMILES string of the molecule is CCCN(c1ccncc1)n1cccc1C=Cc1cccc(OC)c1. The topological polar surface area (TPSA) is 30.3 Å². The van der Waals surface area contributed by atoms with Crippen LogP contribution in [0.1, 0.15) is 24.6 Å². The molecule has 1 aromatic carbocycles. The van der Waals surface area contributed by atoms with Crippen molar-refractivity contribution in [2.75, 3.05) is 18.7 Å². The summed E-state index contributed by atoms with van der Waals surface area (Å²) in [4.78, 5) is 4.12. The normalized spacial score (nSPS) is 11.0. The smallest absolute Gasteiger partial charge is 0.119 e. The van der Waals surface area contributed by atoms with E-state index >= 15 is 0 Å². The molecule has 0 bridgehead atoms. The number of benzene rings is 1. The van der Waals surface area contributed by atoms with Gasteiger partial charge in [0.25, 0.3) is 0 Å². The summed E-state index contributed by atoms with van der Waals surface area (Å²) in [6, 6.07) is 16.3. The highest BCUT2D eigenvalue weighted by molar-refractivity contribution is 5.69. The standard InChI is InChI=1S/C21H23N3O/c1-3-15-23(20-11-13-22-14-12-20)24-16-5-7-19(24)10-9-18-6-4-8-21(17-18)25-2/h4-14,16-17H,3,15H2,1-2H3. The van der Waals surface area contributed by atoms with E-state index in [0.29, 0.717) is 0 Å². The van der Waals surface area contributed by atoms with E-state index in [-0.39, 0.29) is 0 Å². The summed E-state index contributed by atoms with van der Waals surface area (Å²) in [5, 5.41) is 2.26. The van der Waals surface area contributed by atoms with Crippen LogP contribution in [0, 0.1) is 0 Å². The van der Waals surface area contributed by atoms with Crippen molar-refractivity contribution in [2.45, 2.75) is 13.3 Å². The number of hydrogen-bond donors (Lipinski definition) is 0. The average Bonchev–Trinajstić information content (AvgIpc) is 3.13. The molecule has 0 amide bonds. The zero-order valence-corrected chi connectivity index (χ0v) is 14.7. The fraction of sp³-hybridized carbons (Fsp3) is 0.190. The Morgan fingerprint density at radius 1 is 1.08 bits per heavy atom. The van der Waals surface area contributed by atoms with Gasteiger partial charge in [0.05, 0.1) is 18.5 Å². The summed E-state index contributed by atoms with van der Waals surface area (Å²) in [7, 11) is 1.69. The lowest BCUT2D eigenvalue weighted by molar-refractivity contribution is 0.414. The van der Waals surface area contributed by atoms with Gasteiger partial charge < -0.3 is 4.74 Å². The molecule has 0 saturated carbocycles. The quantitative estimate of drug-likeness (QED) is 0.625.